The molecule has 1 N–H and O–H groups in total. The molecule has 1 aliphatic rings. The molecule has 1 aromatic rings. The van der Waals surface area contributed by atoms with Crippen molar-refractivity contribution >= 4 is 16.1 Å². The van der Waals surface area contributed by atoms with Crippen molar-refractivity contribution in [3.63, 3.8) is 0 Å². The molecule has 1 aromatic carbocycles. The first-order valence-corrected chi connectivity index (χ1v) is 9.92. The largest absolute Gasteiger partial charge is 0.444 e. The van der Waals surface area contributed by atoms with E-state index in [0.29, 0.717) is 12.1 Å². The molecular weight excluding hydrogens is 347 g/mol. The zero-order chi connectivity index (χ0) is 18.7. The van der Waals surface area contributed by atoms with Crippen LogP contribution in [-0.4, -0.2) is 44.1 Å². The predicted octanol–water partition coefficient (Wildman–Crippen LogP) is 2.64. The van der Waals surface area contributed by atoms with Crippen molar-refractivity contribution in [2.75, 3.05) is 13.1 Å². The van der Waals surface area contributed by atoms with Gasteiger partial charge in [0.15, 0.2) is 0 Å². The molecule has 140 valence electrons. The Morgan fingerprint density at radius 2 is 1.96 bits per heavy atom. The van der Waals surface area contributed by atoms with Gasteiger partial charge in [0.25, 0.3) is 0 Å². The topological polar surface area (TPSA) is 75.7 Å². The molecule has 1 amide bonds. The van der Waals surface area contributed by atoms with E-state index in [2.05, 4.69) is 4.72 Å². The summed E-state index contributed by atoms with van der Waals surface area (Å²) >= 11 is 0. The molecule has 1 aliphatic heterocycles. The molecule has 0 aromatic heterocycles. The number of likely N-dealkylation sites (tertiary alicyclic amines) is 1. The van der Waals surface area contributed by atoms with Gasteiger partial charge in [0, 0.05) is 19.1 Å². The molecule has 1 saturated heterocycles. The van der Waals surface area contributed by atoms with Crippen LogP contribution in [0.25, 0.3) is 0 Å². The van der Waals surface area contributed by atoms with Gasteiger partial charge in [-0.05, 0) is 51.3 Å². The number of carbonyl (C=O) groups excluding carboxylic acids is 1. The van der Waals surface area contributed by atoms with Crippen LogP contribution in [0.1, 0.15) is 39.2 Å². The van der Waals surface area contributed by atoms with Crippen LogP contribution in [-0.2, 0) is 20.5 Å². The number of sulfonamides is 1. The molecule has 1 atom stereocenters. The van der Waals surface area contributed by atoms with Crippen LogP contribution in [0.4, 0.5) is 9.18 Å². The second kappa shape index (κ2) is 7.70. The Bertz CT molecular complexity index is 698. The average molecular weight is 372 g/mol. The van der Waals surface area contributed by atoms with Gasteiger partial charge < -0.3 is 9.64 Å². The van der Waals surface area contributed by atoms with Gasteiger partial charge in [-0.15, -0.1) is 0 Å². The van der Waals surface area contributed by atoms with Crippen LogP contribution in [0.2, 0.25) is 0 Å². The highest BCUT2D eigenvalue weighted by atomic mass is 32.2. The summed E-state index contributed by atoms with van der Waals surface area (Å²) in [4.78, 5) is 13.8. The number of carbonyl (C=O) groups is 1. The number of nitrogens with one attached hydrogen (secondary N) is 1. The number of rotatable bonds is 5. The summed E-state index contributed by atoms with van der Waals surface area (Å²) in [6.07, 6.45) is 1.11. The van der Waals surface area contributed by atoms with E-state index in [4.69, 9.17) is 4.74 Å². The highest BCUT2D eigenvalue weighted by Gasteiger charge is 2.32. The third kappa shape index (κ3) is 6.28. The van der Waals surface area contributed by atoms with E-state index >= 15 is 0 Å². The van der Waals surface area contributed by atoms with Crippen LogP contribution in [0.5, 0.6) is 0 Å². The Morgan fingerprint density at radius 1 is 1.32 bits per heavy atom. The molecule has 6 nitrogen and oxygen atoms in total. The molecule has 0 radical (unpaired) electrons. The molecule has 1 fully saturated rings. The Kier molecular flexibility index (Phi) is 6.05. The number of halogens is 1. The highest BCUT2D eigenvalue weighted by molar-refractivity contribution is 7.88. The Labute approximate surface area is 148 Å². The standard InChI is InChI=1S/C17H25FN2O4S/c1-17(2,3)24-16(21)20-10-4-5-15(20)11-19-25(22,23)12-13-6-8-14(18)9-7-13/h6-9,15,19H,4-5,10-12H2,1-3H3/t15-/m0/s1. The van der Waals surface area contributed by atoms with Gasteiger partial charge >= 0.3 is 6.09 Å². The van der Waals surface area contributed by atoms with Gasteiger partial charge in [-0.2, -0.15) is 0 Å². The maximum atomic E-state index is 12.9. The Balaban J connectivity index is 1.92. The fourth-order valence-corrected chi connectivity index (χ4v) is 3.86. The van der Waals surface area contributed by atoms with E-state index in [-0.39, 0.29) is 18.3 Å². The lowest BCUT2D eigenvalue weighted by atomic mass is 10.2. The number of hydrogen-bond donors (Lipinski definition) is 1. The first-order chi connectivity index (χ1) is 11.6. The summed E-state index contributed by atoms with van der Waals surface area (Å²) in [5, 5.41) is 0. The smallest absolute Gasteiger partial charge is 0.410 e. The second-order valence-electron chi connectivity index (χ2n) is 7.20. The zero-order valence-electron chi connectivity index (χ0n) is 14.8. The summed E-state index contributed by atoms with van der Waals surface area (Å²) in [7, 11) is -3.57. The number of hydrogen-bond acceptors (Lipinski definition) is 4. The summed E-state index contributed by atoms with van der Waals surface area (Å²) in [6.45, 7) is 6.08. The van der Waals surface area contributed by atoms with Crippen molar-refractivity contribution in [3.05, 3.63) is 35.6 Å². The predicted molar refractivity (Wildman–Crippen MR) is 93.0 cm³/mol. The lowest BCUT2D eigenvalue weighted by molar-refractivity contribution is 0.0229. The zero-order valence-corrected chi connectivity index (χ0v) is 15.6. The Hall–Kier alpha value is -1.67. The van der Waals surface area contributed by atoms with E-state index in [9.17, 15) is 17.6 Å². The molecule has 0 unspecified atom stereocenters. The highest BCUT2D eigenvalue weighted by Crippen LogP contribution is 2.20. The maximum absolute atomic E-state index is 12.9. The van der Waals surface area contributed by atoms with E-state index < -0.39 is 27.5 Å². The summed E-state index contributed by atoms with van der Waals surface area (Å²) in [5.74, 6) is -0.639. The molecule has 1 heterocycles. The van der Waals surface area contributed by atoms with Crippen molar-refractivity contribution in [2.45, 2.75) is 51.0 Å². The van der Waals surface area contributed by atoms with E-state index in [0.717, 1.165) is 12.8 Å². The van der Waals surface area contributed by atoms with Gasteiger partial charge in [0.05, 0.1) is 5.75 Å². The fourth-order valence-electron chi connectivity index (χ4n) is 2.68. The minimum Gasteiger partial charge on any atom is -0.444 e. The molecule has 0 bridgehead atoms. The SMILES string of the molecule is CC(C)(C)OC(=O)N1CCC[C@H]1CNS(=O)(=O)Cc1ccc(F)cc1. The van der Waals surface area contributed by atoms with Crippen LogP contribution >= 0.6 is 0 Å². The number of nitrogens with zero attached hydrogens (tertiary/aromatic N) is 1. The summed E-state index contributed by atoms with van der Waals surface area (Å²) in [5.41, 5.74) is -0.0870. The monoisotopic (exact) mass is 372 g/mol. The number of ether oxygens (including phenoxy) is 1. The lowest BCUT2D eigenvalue weighted by Gasteiger charge is -2.28. The average Bonchev–Trinajstić information content (AvgIpc) is 2.94. The van der Waals surface area contributed by atoms with Crippen LogP contribution in [0.3, 0.4) is 0 Å². The number of benzene rings is 1. The van der Waals surface area contributed by atoms with Crippen LogP contribution in [0.15, 0.2) is 24.3 Å². The molecule has 0 spiro atoms. The third-order valence-electron chi connectivity index (χ3n) is 3.81. The van der Waals surface area contributed by atoms with Crippen molar-refractivity contribution < 1.29 is 22.3 Å². The first-order valence-electron chi connectivity index (χ1n) is 8.27. The van der Waals surface area contributed by atoms with E-state index in [1.165, 1.54) is 24.3 Å². The van der Waals surface area contributed by atoms with Gasteiger partial charge in [0.1, 0.15) is 11.4 Å². The van der Waals surface area contributed by atoms with Gasteiger partial charge in [-0.25, -0.2) is 22.3 Å². The quantitative estimate of drug-likeness (QED) is 0.862. The number of amides is 1. The van der Waals surface area contributed by atoms with E-state index in [1.807, 2.05) is 0 Å². The molecule has 8 heteroatoms. The minimum atomic E-state index is -3.57. The van der Waals surface area contributed by atoms with Crippen molar-refractivity contribution in [3.8, 4) is 0 Å². The summed E-state index contributed by atoms with van der Waals surface area (Å²) < 4.78 is 45.2. The van der Waals surface area contributed by atoms with Gasteiger partial charge in [-0.1, -0.05) is 12.1 Å². The van der Waals surface area contributed by atoms with Crippen molar-refractivity contribution in [1.82, 2.24) is 9.62 Å². The van der Waals surface area contributed by atoms with Crippen molar-refractivity contribution in [1.29, 1.82) is 0 Å². The van der Waals surface area contributed by atoms with Crippen molar-refractivity contribution in [2.24, 2.45) is 0 Å². The molecular formula is C17H25FN2O4S. The van der Waals surface area contributed by atoms with Crippen LogP contribution < -0.4 is 4.72 Å². The minimum absolute atomic E-state index is 0.142. The Morgan fingerprint density at radius 3 is 2.56 bits per heavy atom. The first kappa shape index (κ1) is 19.7. The van der Waals surface area contributed by atoms with E-state index in [1.54, 1.807) is 25.7 Å². The maximum Gasteiger partial charge on any atom is 0.410 e. The van der Waals surface area contributed by atoms with Gasteiger partial charge in [-0.3, -0.25) is 0 Å². The molecule has 0 aliphatic carbocycles. The van der Waals surface area contributed by atoms with Crippen LogP contribution in [0, 0.1) is 5.82 Å². The second-order valence-corrected chi connectivity index (χ2v) is 9.01. The molecule has 25 heavy (non-hydrogen) atoms. The molecule has 0 saturated carbocycles. The lowest BCUT2D eigenvalue weighted by Crippen LogP contribution is -2.45. The van der Waals surface area contributed by atoms with Gasteiger partial charge in [0.2, 0.25) is 10.0 Å². The normalized spacial score (nSPS) is 18.4. The fraction of sp³-hybridized carbons (Fsp3) is 0.588. The third-order valence-corrected chi connectivity index (χ3v) is 5.13. The summed E-state index contributed by atoms with van der Waals surface area (Å²) in [6, 6.07) is 5.12. The molecule has 2 rings (SSSR count).